The zero-order chi connectivity index (χ0) is 22.1. The normalized spacial score (nSPS) is 15.6. The summed E-state index contributed by atoms with van der Waals surface area (Å²) in [5, 5.41) is 2.93. The molecule has 3 rings (SSSR count). The Bertz CT molecular complexity index is 969. The van der Waals surface area contributed by atoms with E-state index < -0.39 is 5.41 Å². The third-order valence-electron chi connectivity index (χ3n) is 5.25. The molecule has 5 heteroatoms. The molecule has 0 saturated heterocycles. The molecule has 1 aliphatic heterocycles. The summed E-state index contributed by atoms with van der Waals surface area (Å²) in [5.41, 5.74) is 2.35. The predicted molar refractivity (Wildman–Crippen MR) is 121 cm³/mol. The molecule has 0 bridgehead atoms. The highest BCUT2D eigenvalue weighted by molar-refractivity contribution is 6.05. The van der Waals surface area contributed by atoms with Crippen LogP contribution in [0.25, 0.3) is 0 Å². The first-order valence-corrected chi connectivity index (χ1v) is 10.1. The van der Waals surface area contributed by atoms with Crippen molar-refractivity contribution >= 4 is 23.2 Å². The molecular weight excluding hydrogens is 376 g/mol. The average molecular weight is 407 g/mol. The van der Waals surface area contributed by atoms with Gasteiger partial charge in [0.05, 0.1) is 11.1 Å². The van der Waals surface area contributed by atoms with E-state index in [1.807, 2.05) is 38.1 Å². The number of nitrogens with zero attached hydrogens (tertiary/aromatic N) is 1. The Labute approximate surface area is 178 Å². The van der Waals surface area contributed by atoms with E-state index in [1.165, 1.54) is 5.56 Å². The Balaban J connectivity index is 1.87. The molecule has 158 valence electrons. The van der Waals surface area contributed by atoms with Gasteiger partial charge in [-0.15, -0.1) is 6.58 Å². The molecule has 30 heavy (non-hydrogen) atoms. The second-order valence-corrected chi connectivity index (χ2v) is 9.34. The van der Waals surface area contributed by atoms with Gasteiger partial charge in [0.15, 0.2) is 0 Å². The number of benzene rings is 2. The van der Waals surface area contributed by atoms with Gasteiger partial charge in [0, 0.05) is 17.8 Å². The monoisotopic (exact) mass is 406 g/mol. The number of ether oxygens (including phenoxy) is 1. The highest BCUT2D eigenvalue weighted by Crippen LogP contribution is 2.38. The minimum Gasteiger partial charge on any atom is -0.490 e. The lowest BCUT2D eigenvalue weighted by Gasteiger charge is -2.27. The molecule has 5 nitrogen and oxygen atoms in total. The highest BCUT2D eigenvalue weighted by Gasteiger charge is 2.37. The van der Waals surface area contributed by atoms with Crippen molar-refractivity contribution in [3.8, 4) is 5.75 Å². The van der Waals surface area contributed by atoms with E-state index in [9.17, 15) is 9.59 Å². The zero-order valence-corrected chi connectivity index (χ0v) is 18.4. The minimum atomic E-state index is -0.653. The summed E-state index contributed by atoms with van der Waals surface area (Å²) in [7, 11) is 0. The third kappa shape index (κ3) is 4.40. The minimum absolute atomic E-state index is 0.0287. The Morgan fingerprint density at radius 1 is 1.20 bits per heavy atom. The first-order valence-electron chi connectivity index (χ1n) is 10.1. The summed E-state index contributed by atoms with van der Waals surface area (Å²) in [4.78, 5) is 27.4. The summed E-state index contributed by atoms with van der Waals surface area (Å²) in [5.74, 6) is 0.373. The van der Waals surface area contributed by atoms with Gasteiger partial charge in [0.1, 0.15) is 12.4 Å². The van der Waals surface area contributed by atoms with Crippen LogP contribution in [0.1, 0.15) is 50.5 Å². The van der Waals surface area contributed by atoms with Crippen molar-refractivity contribution < 1.29 is 14.3 Å². The van der Waals surface area contributed by atoms with Crippen LogP contribution >= 0.6 is 0 Å². The number of hydrogen-bond acceptors (Lipinski definition) is 3. The van der Waals surface area contributed by atoms with E-state index in [1.54, 1.807) is 29.2 Å². The van der Waals surface area contributed by atoms with Gasteiger partial charge in [0.25, 0.3) is 5.91 Å². The molecule has 0 fully saturated rings. The summed E-state index contributed by atoms with van der Waals surface area (Å²) in [6.45, 7) is 14.6. The van der Waals surface area contributed by atoms with Crippen LogP contribution in [0.5, 0.6) is 5.75 Å². The van der Waals surface area contributed by atoms with Crippen molar-refractivity contribution in [2.24, 2.45) is 5.41 Å². The van der Waals surface area contributed by atoms with Crippen molar-refractivity contribution in [1.82, 2.24) is 0 Å². The van der Waals surface area contributed by atoms with Gasteiger partial charge < -0.3 is 15.0 Å². The topological polar surface area (TPSA) is 58.6 Å². The SMILES string of the molecule is C=CCN1C(=O)C(C)(C)COc2ccc(NC(=O)c3ccc(C(C)(C)C)cc3)cc21. The zero-order valence-electron chi connectivity index (χ0n) is 18.4. The van der Waals surface area contributed by atoms with Gasteiger partial charge in [-0.25, -0.2) is 0 Å². The molecule has 0 aliphatic carbocycles. The van der Waals surface area contributed by atoms with E-state index in [4.69, 9.17) is 4.74 Å². The molecule has 1 heterocycles. The molecule has 0 saturated carbocycles. The van der Waals surface area contributed by atoms with E-state index >= 15 is 0 Å². The van der Waals surface area contributed by atoms with Crippen LogP contribution in [0.15, 0.2) is 55.1 Å². The largest absolute Gasteiger partial charge is 0.490 e. The van der Waals surface area contributed by atoms with E-state index in [0.717, 1.165) is 0 Å². The smallest absolute Gasteiger partial charge is 0.255 e. The van der Waals surface area contributed by atoms with Gasteiger partial charge >= 0.3 is 0 Å². The first-order chi connectivity index (χ1) is 14.0. The van der Waals surface area contributed by atoms with Gasteiger partial charge in [-0.05, 0) is 55.2 Å². The standard InChI is InChI=1S/C25H30N2O3/c1-7-14-27-20-15-19(12-13-21(20)30-16-25(5,6)23(27)29)26-22(28)17-8-10-18(11-9-17)24(2,3)4/h7-13,15H,1,14,16H2,2-6H3,(H,26,28). The Kier molecular flexibility index (Phi) is 5.75. The molecule has 0 radical (unpaired) electrons. The molecule has 1 N–H and O–H groups in total. The molecule has 0 spiro atoms. The number of fused-ring (bicyclic) bond motifs is 1. The number of carbonyl (C=O) groups is 2. The maximum Gasteiger partial charge on any atom is 0.255 e. The van der Waals surface area contributed by atoms with Crippen molar-refractivity contribution in [3.05, 3.63) is 66.2 Å². The fraction of sp³-hybridized carbons (Fsp3) is 0.360. The summed E-state index contributed by atoms with van der Waals surface area (Å²) in [6, 6.07) is 13.0. The van der Waals surface area contributed by atoms with Gasteiger partial charge in [-0.3, -0.25) is 9.59 Å². The van der Waals surface area contributed by atoms with Crippen molar-refractivity contribution in [1.29, 1.82) is 0 Å². The molecular formula is C25H30N2O3. The van der Waals surface area contributed by atoms with E-state index in [2.05, 4.69) is 32.7 Å². The maximum absolute atomic E-state index is 13.0. The Morgan fingerprint density at radius 3 is 2.47 bits per heavy atom. The lowest BCUT2D eigenvalue weighted by atomic mass is 9.87. The second-order valence-electron chi connectivity index (χ2n) is 9.34. The third-order valence-corrected chi connectivity index (χ3v) is 5.25. The van der Waals surface area contributed by atoms with Crippen LogP contribution in [0, 0.1) is 5.41 Å². The van der Waals surface area contributed by atoms with Crippen LogP contribution < -0.4 is 15.0 Å². The Morgan fingerprint density at radius 2 is 1.87 bits per heavy atom. The number of hydrogen-bond donors (Lipinski definition) is 1. The van der Waals surface area contributed by atoms with Crippen molar-refractivity contribution in [3.63, 3.8) is 0 Å². The van der Waals surface area contributed by atoms with Crippen LogP contribution in [0.3, 0.4) is 0 Å². The lowest BCUT2D eigenvalue weighted by Crippen LogP contribution is -2.42. The van der Waals surface area contributed by atoms with Crippen LogP contribution in [0.4, 0.5) is 11.4 Å². The lowest BCUT2D eigenvalue weighted by molar-refractivity contribution is -0.127. The summed E-state index contributed by atoms with van der Waals surface area (Å²) >= 11 is 0. The van der Waals surface area contributed by atoms with Gasteiger partial charge in [-0.1, -0.05) is 39.0 Å². The molecule has 0 atom stereocenters. The molecule has 1 aliphatic rings. The molecule has 0 unspecified atom stereocenters. The molecule has 0 aromatic heterocycles. The Hall–Kier alpha value is -3.08. The van der Waals surface area contributed by atoms with Crippen LogP contribution in [-0.4, -0.2) is 25.0 Å². The number of carbonyl (C=O) groups excluding carboxylic acids is 2. The van der Waals surface area contributed by atoms with Gasteiger partial charge in [0.2, 0.25) is 5.91 Å². The van der Waals surface area contributed by atoms with Gasteiger partial charge in [-0.2, -0.15) is 0 Å². The summed E-state index contributed by atoms with van der Waals surface area (Å²) < 4.78 is 5.89. The van der Waals surface area contributed by atoms with Crippen molar-refractivity contribution in [2.75, 3.05) is 23.4 Å². The average Bonchev–Trinajstić information content (AvgIpc) is 2.78. The highest BCUT2D eigenvalue weighted by atomic mass is 16.5. The fourth-order valence-electron chi connectivity index (χ4n) is 3.36. The molecule has 2 aromatic rings. The summed E-state index contributed by atoms with van der Waals surface area (Å²) in [6.07, 6.45) is 1.69. The number of anilines is 2. The molecule has 2 aromatic carbocycles. The quantitative estimate of drug-likeness (QED) is 0.712. The molecule has 2 amide bonds. The first kappa shape index (κ1) is 21.6. The van der Waals surface area contributed by atoms with Crippen LogP contribution in [0.2, 0.25) is 0 Å². The van der Waals surface area contributed by atoms with Crippen molar-refractivity contribution in [2.45, 2.75) is 40.0 Å². The van der Waals surface area contributed by atoms with E-state index in [-0.39, 0.29) is 23.8 Å². The number of rotatable bonds is 4. The maximum atomic E-state index is 13.0. The van der Waals surface area contributed by atoms with E-state index in [0.29, 0.717) is 29.2 Å². The second kappa shape index (κ2) is 7.98. The predicted octanol–water partition coefficient (Wildman–Crippen LogP) is 5.17. The fourth-order valence-corrected chi connectivity index (χ4v) is 3.36. The van der Waals surface area contributed by atoms with Crippen LogP contribution in [-0.2, 0) is 10.2 Å². The number of nitrogens with one attached hydrogen (secondary N) is 1. The number of amides is 2.